The summed E-state index contributed by atoms with van der Waals surface area (Å²) in [5.74, 6) is 2.56. The van der Waals surface area contributed by atoms with Crippen LogP contribution in [0.25, 0.3) is 0 Å². The highest BCUT2D eigenvalue weighted by molar-refractivity contribution is 5.25. The van der Waals surface area contributed by atoms with Crippen molar-refractivity contribution in [3.8, 4) is 0 Å². The van der Waals surface area contributed by atoms with E-state index in [1.54, 1.807) is 11.8 Å². The fourth-order valence-corrected chi connectivity index (χ4v) is 8.58. The average Bonchev–Trinajstić information content (AvgIpc) is 3.34. The minimum atomic E-state index is -0.663. The van der Waals surface area contributed by atoms with E-state index >= 15 is 0 Å². The summed E-state index contributed by atoms with van der Waals surface area (Å²) < 4.78 is 5.12. The van der Waals surface area contributed by atoms with Crippen LogP contribution in [0.4, 0.5) is 0 Å². The van der Waals surface area contributed by atoms with Gasteiger partial charge in [-0.2, -0.15) is 0 Å². The summed E-state index contributed by atoms with van der Waals surface area (Å²) in [4.78, 5) is 4.25. The Kier molecular flexibility index (Phi) is 4.98. The van der Waals surface area contributed by atoms with Crippen LogP contribution in [0.15, 0.2) is 28.7 Å². The second-order valence-electron chi connectivity index (χ2n) is 11.7. The van der Waals surface area contributed by atoms with Crippen LogP contribution in [0.1, 0.15) is 84.3 Å². The number of aliphatic hydroxyl groups excluding tert-OH is 1. The van der Waals surface area contributed by atoms with Crippen LogP contribution in [0.3, 0.4) is 0 Å². The number of rotatable bonds is 4. The topological polar surface area (TPSA) is 66.5 Å². The lowest BCUT2D eigenvalue weighted by molar-refractivity contribution is -0.104. The lowest BCUT2D eigenvalue weighted by atomic mass is 9.46. The van der Waals surface area contributed by atoms with Crippen molar-refractivity contribution >= 4 is 0 Å². The molecule has 1 heterocycles. The van der Waals surface area contributed by atoms with Crippen LogP contribution >= 0.6 is 0 Å². The molecule has 4 aliphatic rings. The molecule has 8 atom stereocenters. The first-order valence-corrected chi connectivity index (χ1v) is 12.2. The Labute approximate surface area is 181 Å². The SMILES string of the molecule is CC(O)(CCc1cocn1)[C@H]1CC[C@H]2[C@@H]3CC=C4C[C@@H](O)CC[C@]4(C)[C@H]3CC[C@]12C. The number of aliphatic hydroxyl groups is 2. The fourth-order valence-electron chi connectivity index (χ4n) is 8.58. The molecule has 0 radical (unpaired) electrons. The molecule has 2 N–H and O–H groups in total. The van der Waals surface area contributed by atoms with E-state index in [0.29, 0.717) is 11.8 Å². The number of oxazole rings is 1. The summed E-state index contributed by atoms with van der Waals surface area (Å²) >= 11 is 0. The largest absolute Gasteiger partial charge is 0.451 e. The van der Waals surface area contributed by atoms with Crippen molar-refractivity contribution in [1.82, 2.24) is 4.98 Å². The summed E-state index contributed by atoms with van der Waals surface area (Å²) in [6.07, 6.45) is 16.1. The van der Waals surface area contributed by atoms with E-state index < -0.39 is 5.60 Å². The standard InChI is InChI=1S/C26H39NO3/c1-24-11-9-19(28)14-17(24)4-5-20-21-6-7-23(25(21,2)12-10-22(20)24)26(3,29)13-8-18-15-30-16-27-18/h4,15-16,19-23,28-29H,5-14H2,1-3H3/t19-,20-,21-,22-,23-,24-,25-,26?/m0/s1. The third-order valence-corrected chi connectivity index (χ3v) is 10.2. The van der Waals surface area contributed by atoms with E-state index in [1.165, 1.54) is 32.1 Å². The maximum atomic E-state index is 11.6. The second kappa shape index (κ2) is 7.20. The van der Waals surface area contributed by atoms with Crippen LogP contribution in [0, 0.1) is 34.5 Å². The van der Waals surface area contributed by atoms with Gasteiger partial charge in [-0.25, -0.2) is 4.98 Å². The van der Waals surface area contributed by atoms with E-state index in [-0.39, 0.29) is 16.9 Å². The molecule has 4 heteroatoms. The first kappa shape index (κ1) is 20.8. The number of fused-ring (bicyclic) bond motifs is 5. The van der Waals surface area contributed by atoms with Crippen molar-refractivity contribution in [2.45, 2.75) is 96.7 Å². The van der Waals surface area contributed by atoms with Crippen LogP contribution in [0.2, 0.25) is 0 Å². The van der Waals surface area contributed by atoms with E-state index in [4.69, 9.17) is 4.42 Å². The number of nitrogens with zero attached hydrogens (tertiary/aromatic N) is 1. The highest BCUT2D eigenvalue weighted by atomic mass is 16.3. The summed E-state index contributed by atoms with van der Waals surface area (Å²) in [5.41, 5.74) is 2.34. The Morgan fingerprint density at radius 3 is 2.77 bits per heavy atom. The molecule has 30 heavy (non-hydrogen) atoms. The summed E-state index contributed by atoms with van der Waals surface area (Å²) in [6.45, 7) is 7.05. The zero-order chi connectivity index (χ0) is 21.1. The van der Waals surface area contributed by atoms with Gasteiger partial charge in [-0.1, -0.05) is 25.5 Å². The molecule has 3 saturated carbocycles. The van der Waals surface area contributed by atoms with Gasteiger partial charge in [-0.3, -0.25) is 0 Å². The minimum Gasteiger partial charge on any atom is -0.451 e. The van der Waals surface area contributed by atoms with Gasteiger partial charge < -0.3 is 14.6 Å². The molecular weight excluding hydrogens is 374 g/mol. The Bertz CT molecular complexity index is 799. The number of aromatic nitrogens is 1. The van der Waals surface area contributed by atoms with Gasteiger partial charge in [0, 0.05) is 0 Å². The third kappa shape index (κ3) is 3.12. The van der Waals surface area contributed by atoms with Gasteiger partial charge in [-0.05, 0) is 106 Å². The molecule has 4 nitrogen and oxygen atoms in total. The molecule has 0 aromatic carbocycles. The molecule has 1 aromatic rings. The molecule has 3 fully saturated rings. The normalized spacial score (nSPS) is 45.1. The first-order chi connectivity index (χ1) is 14.2. The first-order valence-electron chi connectivity index (χ1n) is 12.2. The van der Waals surface area contributed by atoms with Crippen molar-refractivity contribution in [3.63, 3.8) is 0 Å². The van der Waals surface area contributed by atoms with Gasteiger partial charge >= 0.3 is 0 Å². The fraction of sp³-hybridized carbons (Fsp3) is 0.808. The lowest BCUT2D eigenvalue weighted by Crippen LogP contribution is -2.53. The zero-order valence-corrected chi connectivity index (χ0v) is 18.9. The van der Waals surface area contributed by atoms with E-state index in [1.807, 2.05) is 0 Å². The molecular formula is C26H39NO3. The molecule has 0 bridgehead atoms. The highest BCUT2D eigenvalue weighted by Gasteiger charge is 2.61. The molecule has 0 saturated heterocycles. The van der Waals surface area contributed by atoms with Gasteiger partial charge in [0.05, 0.1) is 17.4 Å². The molecule has 0 spiro atoms. The van der Waals surface area contributed by atoms with Crippen molar-refractivity contribution in [2.24, 2.45) is 34.5 Å². The average molecular weight is 414 g/mol. The van der Waals surface area contributed by atoms with Crippen LogP contribution in [-0.4, -0.2) is 26.9 Å². The lowest BCUT2D eigenvalue weighted by Gasteiger charge is -2.59. The molecule has 5 rings (SSSR count). The number of allylic oxidation sites excluding steroid dienone is 1. The molecule has 1 aromatic heterocycles. The van der Waals surface area contributed by atoms with E-state index in [0.717, 1.165) is 56.1 Å². The Balaban J connectivity index is 1.36. The Morgan fingerprint density at radius 2 is 2.00 bits per heavy atom. The molecule has 0 amide bonds. The van der Waals surface area contributed by atoms with Crippen molar-refractivity contribution in [2.75, 3.05) is 0 Å². The van der Waals surface area contributed by atoms with Crippen LogP contribution < -0.4 is 0 Å². The molecule has 166 valence electrons. The second-order valence-corrected chi connectivity index (χ2v) is 11.7. The maximum Gasteiger partial charge on any atom is 0.180 e. The highest BCUT2D eigenvalue weighted by Crippen LogP contribution is 2.67. The summed E-state index contributed by atoms with van der Waals surface area (Å²) in [7, 11) is 0. The maximum absolute atomic E-state index is 11.6. The quantitative estimate of drug-likeness (QED) is 0.658. The molecule has 0 aliphatic heterocycles. The third-order valence-electron chi connectivity index (χ3n) is 10.2. The summed E-state index contributed by atoms with van der Waals surface area (Å²) in [6, 6.07) is 0. The van der Waals surface area contributed by atoms with Crippen LogP contribution in [0.5, 0.6) is 0 Å². The van der Waals surface area contributed by atoms with Gasteiger partial charge in [0.1, 0.15) is 6.26 Å². The summed E-state index contributed by atoms with van der Waals surface area (Å²) in [5, 5.41) is 21.8. The number of hydrogen-bond donors (Lipinski definition) is 2. The molecule has 1 unspecified atom stereocenters. The van der Waals surface area contributed by atoms with Gasteiger partial charge in [0.2, 0.25) is 0 Å². The Morgan fingerprint density at radius 1 is 1.17 bits per heavy atom. The van der Waals surface area contributed by atoms with Crippen LogP contribution in [-0.2, 0) is 6.42 Å². The predicted molar refractivity (Wildman–Crippen MR) is 117 cm³/mol. The smallest absolute Gasteiger partial charge is 0.180 e. The van der Waals surface area contributed by atoms with Gasteiger partial charge in [0.25, 0.3) is 0 Å². The van der Waals surface area contributed by atoms with Gasteiger partial charge in [0.15, 0.2) is 6.39 Å². The monoisotopic (exact) mass is 413 g/mol. The Hall–Kier alpha value is -1.13. The van der Waals surface area contributed by atoms with E-state index in [9.17, 15) is 10.2 Å². The van der Waals surface area contributed by atoms with Gasteiger partial charge in [-0.15, -0.1) is 0 Å². The van der Waals surface area contributed by atoms with Crippen molar-refractivity contribution in [3.05, 3.63) is 30.0 Å². The predicted octanol–water partition coefficient (Wildman–Crippen LogP) is 5.30. The van der Waals surface area contributed by atoms with E-state index in [2.05, 4.69) is 31.8 Å². The number of hydrogen-bond acceptors (Lipinski definition) is 4. The molecule has 4 aliphatic carbocycles. The van der Waals surface area contributed by atoms with Crippen molar-refractivity contribution < 1.29 is 14.6 Å². The van der Waals surface area contributed by atoms with Crippen molar-refractivity contribution in [1.29, 1.82) is 0 Å². The zero-order valence-electron chi connectivity index (χ0n) is 18.9. The number of aryl methyl sites for hydroxylation is 1. The minimum absolute atomic E-state index is 0.134.